The van der Waals surface area contributed by atoms with Crippen molar-refractivity contribution in [3.63, 3.8) is 0 Å². The van der Waals surface area contributed by atoms with E-state index in [0.717, 1.165) is 24.8 Å². The molecule has 0 heterocycles. The Morgan fingerprint density at radius 2 is 1.88 bits per heavy atom. The van der Waals surface area contributed by atoms with Gasteiger partial charge in [-0.2, -0.15) is 0 Å². The molecule has 17 heavy (non-hydrogen) atoms. The van der Waals surface area contributed by atoms with Crippen molar-refractivity contribution in [2.75, 3.05) is 13.1 Å². The van der Waals surface area contributed by atoms with E-state index in [9.17, 15) is 4.79 Å². The maximum Gasteiger partial charge on any atom is 0.225 e. The van der Waals surface area contributed by atoms with Crippen molar-refractivity contribution >= 4 is 5.91 Å². The maximum absolute atomic E-state index is 12.5. The second-order valence-corrected chi connectivity index (χ2v) is 6.18. The van der Waals surface area contributed by atoms with E-state index in [2.05, 4.69) is 4.90 Å². The van der Waals surface area contributed by atoms with E-state index in [-0.39, 0.29) is 0 Å². The molecule has 3 nitrogen and oxygen atoms in total. The highest BCUT2D eigenvalue weighted by molar-refractivity contribution is 5.80. The number of nitrogens with zero attached hydrogens (tertiary/aromatic N) is 1. The SMILES string of the molecule is NCCCN(C(=O)C1CC2CC2C1)C1CCC1. The van der Waals surface area contributed by atoms with E-state index in [4.69, 9.17) is 5.73 Å². The van der Waals surface area contributed by atoms with Gasteiger partial charge in [0.25, 0.3) is 0 Å². The molecule has 3 fully saturated rings. The lowest BCUT2D eigenvalue weighted by Crippen LogP contribution is -2.47. The van der Waals surface area contributed by atoms with Crippen LogP contribution in [-0.2, 0) is 4.79 Å². The van der Waals surface area contributed by atoms with Crippen LogP contribution in [-0.4, -0.2) is 29.9 Å². The molecule has 0 aromatic rings. The van der Waals surface area contributed by atoms with Gasteiger partial charge in [0.2, 0.25) is 5.91 Å². The van der Waals surface area contributed by atoms with Crippen LogP contribution in [0.25, 0.3) is 0 Å². The highest BCUT2D eigenvalue weighted by Crippen LogP contribution is 2.54. The van der Waals surface area contributed by atoms with Gasteiger partial charge in [-0.25, -0.2) is 0 Å². The number of nitrogens with two attached hydrogens (primary N) is 1. The topological polar surface area (TPSA) is 46.3 Å². The summed E-state index contributed by atoms with van der Waals surface area (Å²) in [6, 6.07) is 0.547. The molecule has 3 saturated carbocycles. The molecule has 0 aromatic heterocycles. The van der Waals surface area contributed by atoms with Crippen molar-refractivity contribution in [1.29, 1.82) is 0 Å². The van der Waals surface area contributed by atoms with Crippen molar-refractivity contribution in [3.05, 3.63) is 0 Å². The van der Waals surface area contributed by atoms with Gasteiger partial charge >= 0.3 is 0 Å². The normalized spacial score (nSPS) is 35.2. The second kappa shape index (κ2) is 4.60. The molecule has 2 unspecified atom stereocenters. The van der Waals surface area contributed by atoms with Crippen molar-refractivity contribution in [3.8, 4) is 0 Å². The van der Waals surface area contributed by atoms with Gasteiger partial charge in [0.1, 0.15) is 0 Å². The second-order valence-electron chi connectivity index (χ2n) is 6.18. The predicted octanol–water partition coefficient (Wildman–Crippen LogP) is 1.76. The molecule has 0 spiro atoms. The Morgan fingerprint density at radius 3 is 2.41 bits per heavy atom. The molecule has 0 bridgehead atoms. The molecule has 3 heteroatoms. The van der Waals surface area contributed by atoms with E-state index in [1.165, 1.54) is 38.5 Å². The summed E-state index contributed by atoms with van der Waals surface area (Å²) in [5.74, 6) is 2.62. The molecule has 0 radical (unpaired) electrons. The van der Waals surface area contributed by atoms with Gasteiger partial charge < -0.3 is 10.6 Å². The molecule has 2 atom stereocenters. The van der Waals surface area contributed by atoms with E-state index in [0.29, 0.717) is 24.4 Å². The number of fused-ring (bicyclic) bond motifs is 1. The number of hydrogen-bond donors (Lipinski definition) is 1. The first kappa shape index (κ1) is 11.5. The number of rotatable bonds is 5. The summed E-state index contributed by atoms with van der Waals surface area (Å²) in [6.07, 6.45) is 8.45. The van der Waals surface area contributed by atoms with Crippen LogP contribution in [0.4, 0.5) is 0 Å². The van der Waals surface area contributed by atoms with Gasteiger partial charge in [-0.05, 0) is 63.3 Å². The zero-order chi connectivity index (χ0) is 11.8. The van der Waals surface area contributed by atoms with Gasteiger partial charge in [0, 0.05) is 18.5 Å². The fourth-order valence-electron chi connectivity index (χ4n) is 3.58. The molecular weight excluding hydrogens is 212 g/mol. The third-order valence-corrected chi connectivity index (χ3v) is 4.99. The average molecular weight is 236 g/mol. The summed E-state index contributed by atoms with van der Waals surface area (Å²) in [4.78, 5) is 14.7. The quantitative estimate of drug-likeness (QED) is 0.790. The lowest BCUT2D eigenvalue weighted by atomic mass is 9.89. The third-order valence-electron chi connectivity index (χ3n) is 4.99. The van der Waals surface area contributed by atoms with Gasteiger partial charge in [-0.3, -0.25) is 4.79 Å². The molecule has 96 valence electrons. The Balaban J connectivity index is 1.58. The van der Waals surface area contributed by atoms with E-state index >= 15 is 0 Å². The Kier molecular flexibility index (Phi) is 3.12. The van der Waals surface area contributed by atoms with Crippen molar-refractivity contribution < 1.29 is 4.79 Å². The molecule has 3 aliphatic carbocycles. The monoisotopic (exact) mass is 236 g/mol. The van der Waals surface area contributed by atoms with Crippen LogP contribution in [0.1, 0.15) is 44.9 Å². The fourth-order valence-corrected chi connectivity index (χ4v) is 3.58. The number of amides is 1. The summed E-state index contributed by atoms with van der Waals surface area (Å²) in [6.45, 7) is 1.60. The zero-order valence-corrected chi connectivity index (χ0v) is 10.6. The van der Waals surface area contributed by atoms with Crippen LogP contribution >= 0.6 is 0 Å². The molecule has 0 saturated heterocycles. The number of carbonyl (C=O) groups excluding carboxylic acids is 1. The van der Waals surface area contributed by atoms with Crippen molar-refractivity contribution in [1.82, 2.24) is 4.90 Å². The van der Waals surface area contributed by atoms with E-state index in [1.54, 1.807) is 0 Å². The lowest BCUT2D eigenvalue weighted by molar-refractivity contribution is -0.139. The predicted molar refractivity (Wildman–Crippen MR) is 67.3 cm³/mol. The van der Waals surface area contributed by atoms with Crippen molar-refractivity contribution in [2.45, 2.75) is 51.0 Å². The minimum absolute atomic E-state index is 0.358. The highest BCUT2D eigenvalue weighted by atomic mass is 16.2. The Bertz CT molecular complexity index is 291. The van der Waals surface area contributed by atoms with Crippen molar-refractivity contribution in [2.24, 2.45) is 23.5 Å². The zero-order valence-electron chi connectivity index (χ0n) is 10.6. The molecule has 1 amide bonds. The van der Waals surface area contributed by atoms with Crippen LogP contribution in [0, 0.1) is 17.8 Å². The van der Waals surface area contributed by atoms with Crippen LogP contribution < -0.4 is 5.73 Å². The Morgan fingerprint density at radius 1 is 1.18 bits per heavy atom. The fraction of sp³-hybridized carbons (Fsp3) is 0.929. The summed E-state index contributed by atoms with van der Waals surface area (Å²) in [5.41, 5.74) is 5.58. The number of hydrogen-bond acceptors (Lipinski definition) is 2. The maximum atomic E-state index is 12.5. The standard InChI is InChI=1S/C14H24N2O/c15-5-2-6-16(13-3-1-4-13)14(17)12-8-10-7-11(10)9-12/h10-13H,1-9,15H2. The van der Waals surface area contributed by atoms with Gasteiger partial charge in [0.05, 0.1) is 0 Å². The first-order valence-electron chi connectivity index (χ1n) is 7.30. The van der Waals surface area contributed by atoms with E-state index in [1.807, 2.05) is 0 Å². The van der Waals surface area contributed by atoms with Crippen LogP contribution in [0.15, 0.2) is 0 Å². The third kappa shape index (κ3) is 2.22. The van der Waals surface area contributed by atoms with Gasteiger partial charge in [-0.1, -0.05) is 0 Å². The van der Waals surface area contributed by atoms with Crippen LogP contribution in [0.2, 0.25) is 0 Å². The van der Waals surface area contributed by atoms with Crippen LogP contribution in [0.3, 0.4) is 0 Å². The first-order chi connectivity index (χ1) is 8.29. The molecular formula is C14H24N2O. The first-order valence-corrected chi connectivity index (χ1v) is 7.30. The summed E-state index contributed by atoms with van der Waals surface area (Å²) >= 11 is 0. The molecule has 2 N–H and O–H groups in total. The summed E-state index contributed by atoms with van der Waals surface area (Å²) in [7, 11) is 0. The summed E-state index contributed by atoms with van der Waals surface area (Å²) < 4.78 is 0. The smallest absolute Gasteiger partial charge is 0.225 e. The number of carbonyl (C=O) groups is 1. The van der Waals surface area contributed by atoms with Crippen LogP contribution in [0.5, 0.6) is 0 Å². The highest BCUT2D eigenvalue weighted by Gasteiger charge is 2.49. The molecule has 0 aliphatic heterocycles. The lowest BCUT2D eigenvalue weighted by Gasteiger charge is -2.39. The summed E-state index contributed by atoms with van der Waals surface area (Å²) in [5, 5.41) is 0. The average Bonchev–Trinajstić information content (AvgIpc) is 2.88. The largest absolute Gasteiger partial charge is 0.339 e. The Labute approximate surface area is 104 Å². The van der Waals surface area contributed by atoms with E-state index < -0.39 is 0 Å². The van der Waals surface area contributed by atoms with Gasteiger partial charge in [0.15, 0.2) is 0 Å². The minimum atomic E-state index is 0.358. The molecule has 0 aromatic carbocycles. The minimum Gasteiger partial charge on any atom is -0.339 e. The Hall–Kier alpha value is -0.570. The molecule has 3 rings (SSSR count). The van der Waals surface area contributed by atoms with Gasteiger partial charge in [-0.15, -0.1) is 0 Å². The molecule has 3 aliphatic rings.